The molecule has 1 N–H and O–H groups in total. The molecule has 8 nitrogen and oxygen atoms in total. The summed E-state index contributed by atoms with van der Waals surface area (Å²) in [6.07, 6.45) is 5.21. The number of aromatic nitrogens is 2. The minimum Gasteiger partial charge on any atom is -0.459 e. The summed E-state index contributed by atoms with van der Waals surface area (Å²) in [7, 11) is 1.78. The summed E-state index contributed by atoms with van der Waals surface area (Å²) in [5.41, 5.74) is 2.19. The van der Waals surface area contributed by atoms with Crippen molar-refractivity contribution < 1.29 is 9.21 Å². The topological polar surface area (TPSA) is 78.9 Å². The van der Waals surface area contributed by atoms with Crippen LogP contribution < -0.4 is 5.32 Å². The molecule has 2 aromatic heterocycles. The van der Waals surface area contributed by atoms with Gasteiger partial charge in [0.1, 0.15) is 0 Å². The van der Waals surface area contributed by atoms with Crippen LogP contribution >= 0.6 is 0 Å². The SMILES string of the molecule is CN=C(NCc1ccc(-n2cccn2)cc1)N1CCN(C(=O)c2ccco2)CC1. The zero-order valence-corrected chi connectivity index (χ0v) is 16.4. The van der Waals surface area contributed by atoms with Crippen LogP contribution in [0.4, 0.5) is 0 Å². The van der Waals surface area contributed by atoms with Crippen LogP contribution in [0.1, 0.15) is 16.1 Å². The third-order valence-electron chi connectivity index (χ3n) is 4.97. The maximum absolute atomic E-state index is 12.4. The number of carbonyl (C=O) groups is 1. The molecule has 1 aromatic carbocycles. The highest BCUT2D eigenvalue weighted by Crippen LogP contribution is 2.11. The minimum atomic E-state index is -0.0603. The molecule has 0 unspecified atom stereocenters. The van der Waals surface area contributed by atoms with Gasteiger partial charge in [-0.3, -0.25) is 9.79 Å². The van der Waals surface area contributed by atoms with Crippen molar-refractivity contribution in [2.75, 3.05) is 33.2 Å². The average molecular weight is 392 g/mol. The van der Waals surface area contributed by atoms with E-state index >= 15 is 0 Å². The summed E-state index contributed by atoms with van der Waals surface area (Å²) in [4.78, 5) is 20.8. The van der Waals surface area contributed by atoms with Crippen molar-refractivity contribution in [3.63, 3.8) is 0 Å². The molecule has 0 bridgehead atoms. The summed E-state index contributed by atoms with van der Waals surface area (Å²) < 4.78 is 7.05. The van der Waals surface area contributed by atoms with Gasteiger partial charge in [-0.15, -0.1) is 0 Å². The van der Waals surface area contributed by atoms with Gasteiger partial charge in [-0.05, 0) is 35.9 Å². The Labute approximate surface area is 169 Å². The first-order chi connectivity index (χ1) is 14.2. The summed E-state index contributed by atoms with van der Waals surface area (Å²) in [5.74, 6) is 1.17. The van der Waals surface area contributed by atoms with Crippen LogP contribution in [-0.2, 0) is 6.54 Å². The molecule has 1 aliphatic heterocycles. The Morgan fingerprint density at radius 3 is 2.48 bits per heavy atom. The lowest BCUT2D eigenvalue weighted by Crippen LogP contribution is -2.53. The van der Waals surface area contributed by atoms with Crippen molar-refractivity contribution in [2.24, 2.45) is 4.99 Å². The first kappa shape index (κ1) is 18.8. The number of nitrogens with zero attached hydrogens (tertiary/aromatic N) is 5. The van der Waals surface area contributed by atoms with Gasteiger partial charge in [0.2, 0.25) is 0 Å². The smallest absolute Gasteiger partial charge is 0.289 e. The van der Waals surface area contributed by atoms with Crippen LogP contribution in [-0.4, -0.2) is 64.7 Å². The Hall–Kier alpha value is -3.55. The molecular formula is C21H24N6O2. The number of furan rings is 1. The van der Waals surface area contributed by atoms with Crippen LogP contribution in [0.3, 0.4) is 0 Å². The lowest BCUT2D eigenvalue weighted by atomic mass is 10.2. The van der Waals surface area contributed by atoms with Gasteiger partial charge in [-0.1, -0.05) is 12.1 Å². The lowest BCUT2D eigenvalue weighted by Gasteiger charge is -2.36. The molecule has 29 heavy (non-hydrogen) atoms. The van der Waals surface area contributed by atoms with Crippen molar-refractivity contribution in [1.82, 2.24) is 24.9 Å². The van der Waals surface area contributed by atoms with E-state index in [1.54, 1.807) is 25.4 Å². The molecule has 0 saturated carbocycles. The molecule has 1 amide bonds. The van der Waals surface area contributed by atoms with E-state index in [1.165, 1.54) is 6.26 Å². The van der Waals surface area contributed by atoms with Crippen molar-refractivity contribution >= 4 is 11.9 Å². The molecule has 150 valence electrons. The fourth-order valence-electron chi connectivity index (χ4n) is 3.38. The number of piperazine rings is 1. The summed E-state index contributed by atoms with van der Waals surface area (Å²) >= 11 is 0. The van der Waals surface area contributed by atoms with Gasteiger partial charge >= 0.3 is 0 Å². The first-order valence-electron chi connectivity index (χ1n) is 9.62. The van der Waals surface area contributed by atoms with Gasteiger partial charge in [0.05, 0.1) is 12.0 Å². The maximum atomic E-state index is 12.4. The molecule has 3 heterocycles. The summed E-state index contributed by atoms with van der Waals surface area (Å²) in [5, 5.41) is 7.65. The van der Waals surface area contributed by atoms with Gasteiger partial charge in [0, 0.05) is 52.2 Å². The fraction of sp³-hybridized carbons (Fsp3) is 0.286. The van der Waals surface area contributed by atoms with E-state index < -0.39 is 0 Å². The second-order valence-electron chi connectivity index (χ2n) is 6.77. The molecular weight excluding hydrogens is 368 g/mol. The summed E-state index contributed by atoms with van der Waals surface area (Å²) in [6, 6.07) is 13.6. The van der Waals surface area contributed by atoms with Crippen LogP contribution in [0.5, 0.6) is 0 Å². The number of carbonyl (C=O) groups excluding carboxylic acids is 1. The second-order valence-corrected chi connectivity index (χ2v) is 6.77. The molecule has 1 saturated heterocycles. The molecule has 8 heteroatoms. The Bertz CT molecular complexity index is 940. The number of hydrogen-bond acceptors (Lipinski definition) is 4. The Morgan fingerprint density at radius 2 is 1.86 bits per heavy atom. The first-order valence-corrected chi connectivity index (χ1v) is 9.62. The van der Waals surface area contributed by atoms with Crippen LogP contribution in [0.2, 0.25) is 0 Å². The van der Waals surface area contributed by atoms with Crippen molar-refractivity contribution in [3.05, 3.63) is 72.4 Å². The predicted octanol–water partition coefficient (Wildman–Crippen LogP) is 2.00. The van der Waals surface area contributed by atoms with Gasteiger partial charge < -0.3 is 19.5 Å². The Morgan fingerprint density at radius 1 is 1.10 bits per heavy atom. The number of amides is 1. The third-order valence-corrected chi connectivity index (χ3v) is 4.97. The highest BCUT2D eigenvalue weighted by Gasteiger charge is 2.25. The van der Waals surface area contributed by atoms with Crippen LogP contribution in [0.25, 0.3) is 5.69 Å². The predicted molar refractivity (Wildman–Crippen MR) is 110 cm³/mol. The zero-order chi connectivity index (χ0) is 20.1. The quantitative estimate of drug-likeness (QED) is 0.543. The van der Waals surface area contributed by atoms with Crippen LogP contribution in [0.15, 0.2) is 70.5 Å². The second kappa shape index (κ2) is 8.64. The van der Waals surface area contributed by atoms with Crippen molar-refractivity contribution in [2.45, 2.75) is 6.54 Å². The standard InChI is InChI=1S/C21H24N6O2/c1-22-21(23-16-17-5-7-18(8-6-17)27-10-3-9-24-27)26-13-11-25(12-14-26)20(28)19-4-2-15-29-19/h2-10,15H,11-14,16H2,1H3,(H,22,23). The van der Waals surface area contributed by atoms with E-state index in [-0.39, 0.29) is 5.91 Å². The molecule has 4 rings (SSSR count). The number of rotatable bonds is 4. The number of guanidine groups is 1. The van der Waals surface area contributed by atoms with E-state index in [1.807, 2.05) is 34.0 Å². The largest absolute Gasteiger partial charge is 0.459 e. The lowest BCUT2D eigenvalue weighted by molar-refractivity contribution is 0.0657. The average Bonchev–Trinajstić information content (AvgIpc) is 3.49. The maximum Gasteiger partial charge on any atom is 0.289 e. The number of nitrogens with one attached hydrogen (secondary N) is 1. The van der Waals surface area contributed by atoms with E-state index in [0.717, 1.165) is 30.3 Å². The van der Waals surface area contributed by atoms with Gasteiger partial charge in [-0.2, -0.15) is 5.10 Å². The van der Waals surface area contributed by atoms with Crippen molar-refractivity contribution in [3.8, 4) is 5.69 Å². The van der Waals surface area contributed by atoms with E-state index in [0.29, 0.717) is 25.4 Å². The fourth-order valence-corrected chi connectivity index (χ4v) is 3.38. The Kier molecular flexibility index (Phi) is 5.60. The van der Waals surface area contributed by atoms with E-state index in [4.69, 9.17) is 4.42 Å². The van der Waals surface area contributed by atoms with Crippen molar-refractivity contribution in [1.29, 1.82) is 0 Å². The highest BCUT2D eigenvalue weighted by atomic mass is 16.3. The highest BCUT2D eigenvalue weighted by molar-refractivity contribution is 5.91. The molecule has 0 radical (unpaired) electrons. The monoisotopic (exact) mass is 392 g/mol. The molecule has 0 aliphatic carbocycles. The van der Waals surface area contributed by atoms with E-state index in [9.17, 15) is 4.79 Å². The molecule has 3 aromatic rings. The van der Waals surface area contributed by atoms with Gasteiger partial charge in [0.25, 0.3) is 5.91 Å². The Balaban J connectivity index is 1.29. The minimum absolute atomic E-state index is 0.0603. The number of aliphatic imine (C=N–C) groups is 1. The van der Waals surface area contributed by atoms with Gasteiger partial charge in [-0.25, -0.2) is 4.68 Å². The van der Waals surface area contributed by atoms with Crippen LogP contribution in [0, 0.1) is 0 Å². The molecule has 1 aliphatic rings. The van der Waals surface area contributed by atoms with E-state index in [2.05, 4.69) is 32.4 Å². The molecule has 0 spiro atoms. The zero-order valence-electron chi connectivity index (χ0n) is 16.4. The van der Waals surface area contributed by atoms with Gasteiger partial charge in [0.15, 0.2) is 11.7 Å². The normalized spacial score (nSPS) is 14.9. The number of hydrogen-bond donors (Lipinski definition) is 1. The summed E-state index contributed by atoms with van der Waals surface area (Å²) in [6.45, 7) is 3.41. The molecule has 1 fully saturated rings. The third kappa shape index (κ3) is 4.31. The number of benzene rings is 1. The molecule has 0 atom stereocenters.